The fraction of sp³-hybridized carbons (Fsp3) is 0.310. The molecule has 0 bridgehead atoms. The van der Waals surface area contributed by atoms with Gasteiger partial charge < -0.3 is 10.2 Å². The molecule has 0 saturated carbocycles. The molecule has 220 valence electrons. The van der Waals surface area contributed by atoms with Gasteiger partial charge in [0.05, 0.1) is 10.6 Å². The first-order valence-electron chi connectivity index (χ1n) is 12.9. The van der Waals surface area contributed by atoms with Gasteiger partial charge in [-0.1, -0.05) is 91.4 Å². The first-order chi connectivity index (χ1) is 19.3. The first-order valence-corrected chi connectivity index (χ1v) is 15.8. The molecular formula is C29H31Cl4N3O4S. The van der Waals surface area contributed by atoms with Crippen LogP contribution >= 0.6 is 46.4 Å². The molecule has 0 aliphatic rings. The summed E-state index contributed by atoms with van der Waals surface area (Å²) in [5.74, 6) is -0.846. The molecule has 0 saturated heterocycles. The summed E-state index contributed by atoms with van der Waals surface area (Å²) in [6.45, 7) is 5.31. The monoisotopic (exact) mass is 657 g/mol. The second-order valence-corrected chi connectivity index (χ2v) is 13.3. The van der Waals surface area contributed by atoms with Crippen molar-refractivity contribution < 1.29 is 18.0 Å². The van der Waals surface area contributed by atoms with Crippen molar-refractivity contribution in [1.29, 1.82) is 0 Å². The number of rotatable bonds is 12. The van der Waals surface area contributed by atoms with Gasteiger partial charge >= 0.3 is 0 Å². The number of sulfonamides is 1. The molecule has 0 aromatic heterocycles. The van der Waals surface area contributed by atoms with E-state index in [1.807, 2.05) is 13.8 Å². The van der Waals surface area contributed by atoms with E-state index >= 15 is 0 Å². The Kier molecular flexibility index (Phi) is 11.8. The number of hydrogen-bond donors (Lipinski definition) is 1. The van der Waals surface area contributed by atoms with E-state index in [0.717, 1.165) is 4.31 Å². The number of carbonyl (C=O) groups is 2. The molecule has 3 aromatic carbocycles. The Labute approximate surface area is 261 Å². The molecule has 0 fully saturated rings. The van der Waals surface area contributed by atoms with Gasteiger partial charge in [-0.05, 0) is 54.8 Å². The van der Waals surface area contributed by atoms with E-state index in [0.29, 0.717) is 22.2 Å². The molecule has 0 spiro atoms. The number of nitrogens with one attached hydrogen (secondary N) is 1. The van der Waals surface area contributed by atoms with E-state index in [4.69, 9.17) is 46.4 Å². The molecule has 0 heterocycles. The Morgan fingerprint density at radius 2 is 1.46 bits per heavy atom. The maximum atomic E-state index is 14.1. The van der Waals surface area contributed by atoms with Crippen LogP contribution in [0.3, 0.4) is 0 Å². The molecule has 0 aliphatic carbocycles. The van der Waals surface area contributed by atoms with Gasteiger partial charge in [0.1, 0.15) is 12.6 Å². The lowest BCUT2D eigenvalue weighted by Gasteiger charge is -2.33. The average Bonchev–Trinajstić information content (AvgIpc) is 2.91. The number of carbonyl (C=O) groups excluding carboxylic acids is 2. The lowest BCUT2D eigenvalue weighted by molar-refractivity contribution is -0.140. The van der Waals surface area contributed by atoms with Crippen LogP contribution in [0.15, 0.2) is 71.6 Å². The van der Waals surface area contributed by atoms with Crippen LogP contribution in [0.1, 0.15) is 32.8 Å². The fourth-order valence-corrected chi connectivity index (χ4v) is 6.58. The molecule has 1 N–H and O–H groups in total. The molecule has 0 unspecified atom stereocenters. The zero-order valence-electron chi connectivity index (χ0n) is 22.8. The number of amides is 2. The van der Waals surface area contributed by atoms with Gasteiger partial charge in [-0.25, -0.2) is 8.42 Å². The number of nitrogens with zero attached hydrogens (tertiary/aromatic N) is 2. The van der Waals surface area contributed by atoms with Crippen LogP contribution in [0, 0.1) is 5.92 Å². The third-order valence-electron chi connectivity index (χ3n) is 6.21. The highest BCUT2D eigenvalue weighted by molar-refractivity contribution is 7.92. The average molecular weight is 659 g/mol. The molecule has 2 amide bonds. The predicted molar refractivity (Wildman–Crippen MR) is 166 cm³/mol. The highest BCUT2D eigenvalue weighted by Crippen LogP contribution is 2.31. The molecule has 0 radical (unpaired) electrons. The summed E-state index contributed by atoms with van der Waals surface area (Å²) in [6.07, 6.45) is 0.256. The van der Waals surface area contributed by atoms with E-state index in [1.165, 1.54) is 35.2 Å². The lowest BCUT2D eigenvalue weighted by atomic mass is 10.1. The van der Waals surface area contributed by atoms with Gasteiger partial charge in [0.15, 0.2) is 0 Å². The molecule has 1 atom stereocenters. The summed E-state index contributed by atoms with van der Waals surface area (Å²) in [5.41, 5.74) is 0.523. The minimum absolute atomic E-state index is 0.0358. The van der Waals surface area contributed by atoms with Crippen LogP contribution in [0.2, 0.25) is 20.1 Å². The molecule has 7 nitrogen and oxygen atoms in total. The van der Waals surface area contributed by atoms with E-state index < -0.39 is 28.5 Å². The van der Waals surface area contributed by atoms with Crippen molar-refractivity contribution in [3.05, 3.63) is 92.4 Å². The van der Waals surface area contributed by atoms with Crippen molar-refractivity contribution in [2.24, 2.45) is 5.92 Å². The van der Waals surface area contributed by atoms with Crippen molar-refractivity contribution in [3.8, 4) is 0 Å². The van der Waals surface area contributed by atoms with Crippen LogP contribution in [-0.4, -0.2) is 44.3 Å². The van der Waals surface area contributed by atoms with Crippen LogP contribution < -0.4 is 9.62 Å². The summed E-state index contributed by atoms with van der Waals surface area (Å²) in [6, 6.07) is 16.0. The predicted octanol–water partition coefficient (Wildman–Crippen LogP) is 7.08. The quantitative estimate of drug-likeness (QED) is 0.225. The third-order valence-corrected chi connectivity index (χ3v) is 9.14. The first kappa shape index (κ1) is 33.0. The smallest absolute Gasteiger partial charge is 0.264 e. The summed E-state index contributed by atoms with van der Waals surface area (Å²) >= 11 is 25.3. The number of halogens is 4. The van der Waals surface area contributed by atoms with Gasteiger partial charge in [0.25, 0.3) is 10.0 Å². The summed E-state index contributed by atoms with van der Waals surface area (Å²) in [5, 5.41) is 3.87. The zero-order chi connectivity index (χ0) is 30.3. The topological polar surface area (TPSA) is 86.8 Å². The molecule has 3 rings (SSSR count). The SMILES string of the molecule is CC[C@@H](C(=O)NCC(C)C)N(Cc1c(Cl)cccc1Cl)C(=O)CN(c1cc(Cl)cc(Cl)c1)S(=O)(=O)c1ccccc1. The van der Waals surface area contributed by atoms with Crippen molar-refractivity contribution in [2.45, 2.75) is 44.7 Å². The zero-order valence-corrected chi connectivity index (χ0v) is 26.6. The maximum absolute atomic E-state index is 14.1. The van der Waals surface area contributed by atoms with E-state index in [9.17, 15) is 18.0 Å². The highest BCUT2D eigenvalue weighted by Gasteiger charge is 2.34. The second-order valence-electron chi connectivity index (χ2n) is 9.74. The summed E-state index contributed by atoms with van der Waals surface area (Å²) in [4.78, 5) is 28.7. The standard InChI is InChI=1S/C29H31Cl4N3O4S/c1-4-27(29(38)34-16-19(2)3)35(17-24-25(32)11-8-12-26(24)33)28(37)18-36(22-14-20(30)13-21(31)15-22)41(39,40)23-9-6-5-7-10-23/h5-15,19,27H,4,16-18H2,1-3H3,(H,34,38)/t27-/m0/s1. The Balaban J connectivity index is 2.11. The van der Waals surface area contributed by atoms with Crippen LogP contribution in [-0.2, 0) is 26.2 Å². The van der Waals surface area contributed by atoms with Crippen LogP contribution in [0.5, 0.6) is 0 Å². The van der Waals surface area contributed by atoms with E-state index in [1.54, 1.807) is 43.3 Å². The Bertz CT molecular complexity index is 1450. The van der Waals surface area contributed by atoms with E-state index in [-0.39, 0.29) is 45.4 Å². The van der Waals surface area contributed by atoms with Crippen molar-refractivity contribution in [3.63, 3.8) is 0 Å². The van der Waals surface area contributed by atoms with Crippen molar-refractivity contribution in [2.75, 3.05) is 17.4 Å². The Morgan fingerprint density at radius 3 is 2.00 bits per heavy atom. The van der Waals surface area contributed by atoms with Gasteiger partial charge in [-0.2, -0.15) is 0 Å². The second kappa shape index (κ2) is 14.6. The molecule has 3 aromatic rings. The number of hydrogen-bond acceptors (Lipinski definition) is 4. The summed E-state index contributed by atoms with van der Waals surface area (Å²) < 4.78 is 28.7. The van der Waals surface area contributed by atoms with Gasteiger partial charge in [-0.15, -0.1) is 0 Å². The van der Waals surface area contributed by atoms with Gasteiger partial charge in [-0.3, -0.25) is 13.9 Å². The third kappa shape index (κ3) is 8.52. The largest absolute Gasteiger partial charge is 0.354 e. The minimum Gasteiger partial charge on any atom is -0.354 e. The molecule has 12 heteroatoms. The molecule has 0 aliphatic heterocycles. The molecule has 41 heavy (non-hydrogen) atoms. The van der Waals surface area contributed by atoms with Crippen molar-refractivity contribution >= 4 is 73.9 Å². The van der Waals surface area contributed by atoms with Gasteiger partial charge in [0.2, 0.25) is 11.8 Å². The van der Waals surface area contributed by atoms with Crippen molar-refractivity contribution in [1.82, 2.24) is 10.2 Å². The highest BCUT2D eigenvalue weighted by atomic mass is 35.5. The van der Waals surface area contributed by atoms with Crippen LogP contribution in [0.4, 0.5) is 5.69 Å². The number of anilines is 1. The lowest BCUT2D eigenvalue weighted by Crippen LogP contribution is -2.52. The number of benzene rings is 3. The molecular weight excluding hydrogens is 628 g/mol. The summed E-state index contributed by atoms with van der Waals surface area (Å²) in [7, 11) is -4.26. The fourth-order valence-electron chi connectivity index (χ4n) is 4.13. The van der Waals surface area contributed by atoms with Crippen LogP contribution in [0.25, 0.3) is 0 Å². The van der Waals surface area contributed by atoms with Gasteiger partial charge in [0, 0.05) is 38.7 Å². The Morgan fingerprint density at radius 1 is 0.878 bits per heavy atom. The maximum Gasteiger partial charge on any atom is 0.264 e. The minimum atomic E-state index is -4.26. The Hall–Kier alpha value is -2.49. The normalized spacial score (nSPS) is 12.2. The van der Waals surface area contributed by atoms with E-state index in [2.05, 4.69) is 5.32 Å².